The molecule has 1 fully saturated rings. The van der Waals surface area contributed by atoms with E-state index in [0.29, 0.717) is 0 Å². The van der Waals surface area contributed by atoms with Gasteiger partial charge in [0, 0.05) is 20.3 Å². The van der Waals surface area contributed by atoms with Crippen molar-refractivity contribution in [1.82, 2.24) is 10.2 Å². The summed E-state index contributed by atoms with van der Waals surface area (Å²) in [7, 11) is 1.78. The second-order valence-electron chi connectivity index (χ2n) is 5.95. The molecule has 1 heterocycles. The predicted octanol–water partition coefficient (Wildman–Crippen LogP) is 2.62. The zero-order valence-electron chi connectivity index (χ0n) is 12.9. The Kier molecular flexibility index (Phi) is 6.02. The summed E-state index contributed by atoms with van der Waals surface area (Å²) in [6, 6.07) is 10.8. The summed E-state index contributed by atoms with van der Waals surface area (Å²) in [4.78, 5) is 2.60. The molecule has 3 nitrogen and oxygen atoms in total. The maximum Gasteiger partial charge on any atom is 0.0534 e. The van der Waals surface area contributed by atoms with Crippen molar-refractivity contribution < 1.29 is 4.74 Å². The van der Waals surface area contributed by atoms with E-state index in [4.69, 9.17) is 4.74 Å². The molecule has 0 radical (unpaired) electrons. The highest BCUT2D eigenvalue weighted by atomic mass is 16.5. The highest BCUT2D eigenvalue weighted by molar-refractivity contribution is 5.24. The minimum Gasteiger partial charge on any atom is -0.385 e. The van der Waals surface area contributed by atoms with E-state index >= 15 is 0 Å². The third-order valence-corrected chi connectivity index (χ3v) is 4.19. The van der Waals surface area contributed by atoms with Crippen LogP contribution >= 0.6 is 0 Å². The Bertz CT molecular complexity index is 382. The summed E-state index contributed by atoms with van der Waals surface area (Å²) in [5.41, 5.74) is 1.46. The first kappa shape index (κ1) is 15.5. The van der Waals surface area contributed by atoms with Crippen molar-refractivity contribution in [2.75, 3.05) is 39.9 Å². The number of hydrogen-bond donors (Lipinski definition) is 1. The molecule has 20 heavy (non-hydrogen) atoms. The fourth-order valence-electron chi connectivity index (χ4n) is 3.02. The lowest BCUT2D eigenvalue weighted by Gasteiger charge is -2.34. The molecule has 1 N–H and O–H groups in total. The van der Waals surface area contributed by atoms with Crippen LogP contribution in [-0.4, -0.2) is 44.8 Å². The molecule has 1 atom stereocenters. The molecule has 1 aromatic rings. The number of rotatable bonds is 6. The van der Waals surface area contributed by atoms with Gasteiger partial charge >= 0.3 is 0 Å². The van der Waals surface area contributed by atoms with E-state index < -0.39 is 0 Å². The third-order valence-electron chi connectivity index (χ3n) is 4.19. The van der Waals surface area contributed by atoms with Crippen LogP contribution in [0.15, 0.2) is 30.3 Å². The van der Waals surface area contributed by atoms with E-state index in [9.17, 15) is 0 Å². The van der Waals surface area contributed by atoms with Gasteiger partial charge in [0.2, 0.25) is 0 Å². The SMILES string of the molecule is COCCCCN1CCCNC(C)(c2ccccc2)C1. The quantitative estimate of drug-likeness (QED) is 0.808. The average Bonchev–Trinajstić information content (AvgIpc) is 2.67. The molecule has 1 saturated heterocycles. The van der Waals surface area contributed by atoms with E-state index in [2.05, 4.69) is 47.5 Å². The van der Waals surface area contributed by atoms with Gasteiger partial charge in [-0.25, -0.2) is 0 Å². The Balaban J connectivity index is 1.96. The summed E-state index contributed by atoms with van der Waals surface area (Å²) in [6.07, 6.45) is 3.61. The molecular weight excluding hydrogens is 248 g/mol. The maximum absolute atomic E-state index is 5.14. The highest BCUT2D eigenvalue weighted by Gasteiger charge is 2.30. The van der Waals surface area contributed by atoms with Crippen LogP contribution in [0.3, 0.4) is 0 Å². The van der Waals surface area contributed by atoms with Gasteiger partial charge in [0.05, 0.1) is 5.54 Å². The topological polar surface area (TPSA) is 24.5 Å². The van der Waals surface area contributed by atoms with Gasteiger partial charge < -0.3 is 15.0 Å². The van der Waals surface area contributed by atoms with Crippen LogP contribution in [0.4, 0.5) is 0 Å². The smallest absolute Gasteiger partial charge is 0.0534 e. The fraction of sp³-hybridized carbons (Fsp3) is 0.647. The molecule has 0 amide bonds. The molecule has 3 heteroatoms. The zero-order valence-corrected chi connectivity index (χ0v) is 12.9. The van der Waals surface area contributed by atoms with Gasteiger partial charge in [-0.3, -0.25) is 0 Å². The van der Waals surface area contributed by atoms with E-state index in [-0.39, 0.29) is 5.54 Å². The van der Waals surface area contributed by atoms with Crippen molar-refractivity contribution in [1.29, 1.82) is 0 Å². The predicted molar refractivity (Wildman–Crippen MR) is 84.0 cm³/mol. The maximum atomic E-state index is 5.14. The molecule has 0 aromatic heterocycles. The van der Waals surface area contributed by atoms with Crippen LogP contribution in [0.5, 0.6) is 0 Å². The Morgan fingerprint density at radius 1 is 1.25 bits per heavy atom. The lowest BCUT2D eigenvalue weighted by atomic mass is 9.91. The zero-order chi connectivity index (χ0) is 14.3. The van der Waals surface area contributed by atoms with Crippen LogP contribution in [0.1, 0.15) is 31.7 Å². The second kappa shape index (κ2) is 7.77. The Labute approximate surface area is 123 Å². The molecule has 0 bridgehead atoms. The minimum atomic E-state index is 0.0685. The number of methoxy groups -OCH3 is 1. The number of nitrogens with one attached hydrogen (secondary N) is 1. The van der Waals surface area contributed by atoms with Crippen molar-refractivity contribution in [3.63, 3.8) is 0 Å². The van der Waals surface area contributed by atoms with Gasteiger partial charge in [0.1, 0.15) is 0 Å². The normalized spacial score (nSPS) is 24.5. The number of ether oxygens (including phenoxy) is 1. The first-order valence-electron chi connectivity index (χ1n) is 7.76. The first-order valence-corrected chi connectivity index (χ1v) is 7.76. The summed E-state index contributed by atoms with van der Waals surface area (Å²) < 4.78 is 5.14. The number of hydrogen-bond acceptors (Lipinski definition) is 3. The van der Waals surface area contributed by atoms with Gasteiger partial charge in [-0.1, -0.05) is 30.3 Å². The minimum absolute atomic E-state index is 0.0685. The Hall–Kier alpha value is -0.900. The number of unbranched alkanes of at least 4 members (excludes halogenated alkanes) is 1. The van der Waals surface area contributed by atoms with Gasteiger partial charge in [-0.2, -0.15) is 0 Å². The summed E-state index contributed by atoms with van der Waals surface area (Å²) >= 11 is 0. The summed E-state index contributed by atoms with van der Waals surface area (Å²) in [5.74, 6) is 0. The van der Waals surface area contributed by atoms with Gasteiger partial charge in [-0.15, -0.1) is 0 Å². The third kappa shape index (κ3) is 4.30. The van der Waals surface area contributed by atoms with Crippen molar-refractivity contribution >= 4 is 0 Å². The molecule has 0 spiro atoms. The fourth-order valence-corrected chi connectivity index (χ4v) is 3.02. The average molecular weight is 276 g/mol. The van der Waals surface area contributed by atoms with Gasteiger partial charge in [0.15, 0.2) is 0 Å². The van der Waals surface area contributed by atoms with E-state index in [1.54, 1.807) is 7.11 Å². The van der Waals surface area contributed by atoms with Crippen LogP contribution in [0.25, 0.3) is 0 Å². The first-order chi connectivity index (χ1) is 9.74. The molecule has 1 aromatic carbocycles. The molecule has 0 aliphatic carbocycles. The number of benzene rings is 1. The lowest BCUT2D eigenvalue weighted by molar-refractivity contribution is 0.176. The van der Waals surface area contributed by atoms with E-state index in [0.717, 1.165) is 26.1 Å². The van der Waals surface area contributed by atoms with Crippen LogP contribution < -0.4 is 5.32 Å². The molecule has 2 rings (SSSR count). The standard InChI is InChI=1S/C17H28N2O/c1-17(16-9-4-3-5-10-16)15-19(13-8-11-18-17)12-6-7-14-20-2/h3-5,9-10,18H,6-8,11-15H2,1-2H3. The van der Waals surface area contributed by atoms with Crippen LogP contribution in [0, 0.1) is 0 Å². The largest absolute Gasteiger partial charge is 0.385 e. The van der Waals surface area contributed by atoms with Crippen molar-refractivity contribution in [2.45, 2.75) is 31.7 Å². The van der Waals surface area contributed by atoms with Crippen LogP contribution in [0.2, 0.25) is 0 Å². The van der Waals surface area contributed by atoms with Gasteiger partial charge in [-0.05, 0) is 51.4 Å². The van der Waals surface area contributed by atoms with Gasteiger partial charge in [0.25, 0.3) is 0 Å². The van der Waals surface area contributed by atoms with Crippen molar-refractivity contribution in [3.8, 4) is 0 Å². The molecule has 0 saturated carbocycles. The highest BCUT2D eigenvalue weighted by Crippen LogP contribution is 2.24. The molecule has 1 unspecified atom stereocenters. The molecule has 112 valence electrons. The Morgan fingerprint density at radius 2 is 2.05 bits per heavy atom. The molecular formula is C17H28N2O. The van der Waals surface area contributed by atoms with Crippen molar-refractivity contribution in [3.05, 3.63) is 35.9 Å². The number of nitrogens with zero attached hydrogens (tertiary/aromatic N) is 1. The van der Waals surface area contributed by atoms with E-state index in [1.807, 2.05) is 0 Å². The lowest BCUT2D eigenvalue weighted by Crippen LogP contribution is -2.46. The summed E-state index contributed by atoms with van der Waals surface area (Å²) in [5, 5.41) is 3.74. The Morgan fingerprint density at radius 3 is 2.80 bits per heavy atom. The monoisotopic (exact) mass is 276 g/mol. The van der Waals surface area contributed by atoms with Crippen molar-refractivity contribution in [2.24, 2.45) is 0 Å². The van der Waals surface area contributed by atoms with E-state index in [1.165, 1.54) is 31.5 Å². The van der Waals surface area contributed by atoms with Crippen LogP contribution in [-0.2, 0) is 10.3 Å². The molecule has 1 aliphatic heterocycles. The summed E-state index contributed by atoms with van der Waals surface area (Å²) in [6.45, 7) is 7.76. The molecule has 1 aliphatic rings. The second-order valence-corrected chi connectivity index (χ2v) is 5.95.